The van der Waals surface area contributed by atoms with E-state index < -0.39 is 0 Å². The Hall–Kier alpha value is -2.33. The number of nitrogens with one attached hydrogen (secondary N) is 1. The lowest BCUT2D eigenvalue weighted by atomic mass is 10.1. The van der Waals surface area contributed by atoms with Gasteiger partial charge in [-0.15, -0.1) is 0 Å². The van der Waals surface area contributed by atoms with Gasteiger partial charge in [-0.25, -0.2) is 0 Å². The molecule has 0 atom stereocenters. The summed E-state index contributed by atoms with van der Waals surface area (Å²) in [6.45, 7) is 3.09. The highest BCUT2D eigenvalue weighted by atomic mass is 16.5. The van der Waals surface area contributed by atoms with Crippen molar-refractivity contribution in [2.45, 2.75) is 32.2 Å². The molecule has 0 heterocycles. The lowest BCUT2D eigenvalue weighted by Gasteiger charge is -2.15. The van der Waals surface area contributed by atoms with Crippen LogP contribution in [0.4, 0.5) is 0 Å². The van der Waals surface area contributed by atoms with Gasteiger partial charge in [0.2, 0.25) is 0 Å². The molecule has 1 amide bonds. The van der Waals surface area contributed by atoms with Crippen molar-refractivity contribution < 1.29 is 9.53 Å². The van der Waals surface area contributed by atoms with Gasteiger partial charge >= 0.3 is 0 Å². The van der Waals surface area contributed by atoms with Crippen LogP contribution in [-0.2, 0) is 12.8 Å². The number of ether oxygens (including phenoxy) is 1. The fourth-order valence-electron chi connectivity index (χ4n) is 3.13. The zero-order chi connectivity index (χ0) is 16.9. The van der Waals surface area contributed by atoms with E-state index in [2.05, 4.69) is 17.4 Å². The summed E-state index contributed by atoms with van der Waals surface area (Å²) in [4.78, 5) is 12.7. The summed E-state index contributed by atoms with van der Waals surface area (Å²) < 4.78 is 5.76. The van der Waals surface area contributed by atoms with Gasteiger partial charge in [-0.3, -0.25) is 4.79 Å². The van der Waals surface area contributed by atoms with Gasteiger partial charge in [0.25, 0.3) is 5.91 Å². The minimum Gasteiger partial charge on any atom is -0.493 e. The maximum atomic E-state index is 12.7. The summed E-state index contributed by atoms with van der Waals surface area (Å²) in [5.41, 5.74) is 9.83. The van der Waals surface area contributed by atoms with Crippen molar-refractivity contribution in [1.82, 2.24) is 5.32 Å². The van der Waals surface area contributed by atoms with Crippen LogP contribution in [0, 0.1) is 6.92 Å². The van der Waals surface area contributed by atoms with Gasteiger partial charge < -0.3 is 15.8 Å². The molecular formula is C20H24N2O2. The van der Waals surface area contributed by atoms with Crippen LogP contribution in [0.3, 0.4) is 0 Å². The van der Waals surface area contributed by atoms with Crippen LogP contribution in [0.1, 0.15) is 33.5 Å². The summed E-state index contributed by atoms with van der Waals surface area (Å²) in [5.74, 6) is 0.562. The molecule has 3 rings (SSSR count). The SMILES string of the molecule is Cc1ccc(C(=O)NC2Cc3ccccc3C2)c(OCCCN)c1. The maximum Gasteiger partial charge on any atom is 0.255 e. The zero-order valence-electron chi connectivity index (χ0n) is 14.0. The van der Waals surface area contributed by atoms with Gasteiger partial charge in [0, 0.05) is 6.04 Å². The number of aryl methyl sites for hydroxylation is 1. The minimum atomic E-state index is -0.0736. The second-order valence-electron chi connectivity index (χ2n) is 6.34. The Balaban J connectivity index is 1.69. The van der Waals surface area contributed by atoms with Crippen molar-refractivity contribution in [3.05, 3.63) is 64.7 Å². The van der Waals surface area contributed by atoms with Crippen LogP contribution in [-0.4, -0.2) is 25.1 Å². The summed E-state index contributed by atoms with van der Waals surface area (Å²) in [5, 5.41) is 3.15. The highest BCUT2D eigenvalue weighted by molar-refractivity contribution is 5.97. The highest BCUT2D eigenvalue weighted by Gasteiger charge is 2.24. The Labute approximate surface area is 143 Å². The molecule has 2 aromatic carbocycles. The molecule has 1 aliphatic carbocycles. The molecule has 0 spiro atoms. The molecule has 0 fully saturated rings. The van der Waals surface area contributed by atoms with Crippen molar-refractivity contribution in [3.8, 4) is 5.75 Å². The quantitative estimate of drug-likeness (QED) is 0.803. The molecule has 126 valence electrons. The Bertz CT molecular complexity index is 702. The van der Waals surface area contributed by atoms with Gasteiger partial charge in [-0.05, 0) is 61.6 Å². The standard InChI is InChI=1S/C20H24N2O2/c1-14-7-8-18(19(11-14)24-10-4-9-21)20(23)22-17-12-15-5-2-3-6-16(15)13-17/h2-3,5-8,11,17H,4,9-10,12-13,21H2,1H3,(H,22,23). The number of fused-ring (bicyclic) bond motifs is 1. The average molecular weight is 324 g/mol. The van der Waals surface area contributed by atoms with E-state index in [1.807, 2.05) is 37.3 Å². The van der Waals surface area contributed by atoms with E-state index in [9.17, 15) is 4.79 Å². The van der Waals surface area contributed by atoms with Crippen LogP contribution >= 0.6 is 0 Å². The third kappa shape index (κ3) is 3.77. The van der Waals surface area contributed by atoms with Gasteiger partial charge in [0.05, 0.1) is 12.2 Å². The summed E-state index contributed by atoms with van der Waals surface area (Å²) in [6.07, 6.45) is 2.54. The molecule has 0 saturated heterocycles. The van der Waals surface area contributed by atoms with Crippen molar-refractivity contribution in [3.63, 3.8) is 0 Å². The second kappa shape index (κ2) is 7.49. The number of amides is 1. The van der Waals surface area contributed by atoms with Crippen molar-refractivity contribution >= 4 is 5.91 Å². The first-order valence-corrected chi connectivity index (χ1v) is 8.48. The lowest BCUT2D eigenvalue weighted by Crippen LogP contribution is -2.35. The van der Waals surface area contributed by atoms with Crippen LogP contribution < -0.4 is 15.8 Å². The van der Waals surface area contributed by atoms with Crippen LogP contribution in [0.5, 0.6) is 5.75 Å². The topological polar surface area (TPSA) is 64.3 Å². The lowest BCUT2D eigenvalue weighted by molar-refractivity contribution is 0.0934. The Morgan fingerprint density at radius 1 is 1.21 bits per heavy atom. The number of carbonyl (C=O) groups excluding carboxylic acids is 1. The molecular weight excluding hydrogens is 300 g/mol. The third-order valence-corrected chi connectivity index (χ3v) is 4.37. The Morgan fingerprint density at radius 3 is 2.58 bits per heavy atom. The van der Waals surface area contributed by atoms with E-state index in [0.29, 0.717) is 24.5 Å². The molecule has 4 nitrogen and oxygen atoms in total. The number of carbonyl (C=O) groups is 1. The van der Waals surface area contributed by atoms with Gasteiger partial charge in [0.1, 0.15) is 5.75 Å². The second-order valence-corrected chi connectivity index (χ2v) is 6.34. The summed E-state index contributed by atoms with van der Waals surface area (Å²) in [6, 6.07) is 14.2. The first-order chi connectivity index (χ1) is 11.7. The third-order valence-electron chi connectivity index (χ3n) is 4.37. The highest BCUT2D eigenvalue weighted by Crippen LogP contribution is 2.24. The molecule has 0 bridgehead atoms. The molecule has 1 aliphatic rings. The molecule has 2 aromatic rings. The smallest absolute Gasteiger partial charge is 0.255 e. The zero-order valence-corrected chi connectivity index (χ0v) is 14.0. The van der Waals surface area contributed by atoms with Crippen LogP contribution in [0.2, 0.25) is 0 Å². The predicted octanol–water partition coefficient (Wildman–Crippen LogP) is 2.62. The monoisotopic (exact) mass is 324 g/mol. The van der Waals surface area contributed by atoms with Crippen LogP contribution in [0.25, 0.3) is 0 Å². The molecule has 0 aliphatic heterocycles. The molecule has 0 radical (unpaired) electrons. The summed E-state index contributed by atoms with van der Waals surface area (Å²) in [7, 11) is 0. The van der Waals surface area contributed by atoms with Crippen molar-refractivity contribution in [2.24, 2.45) is 5.73 Å². The van der Waals surface area contributed by atoms with E-state index in [4.69, 9.17) is 10.5 Å². The van der Waals surface area contributed by atoms with E-state index in [1.54, 1.807) is 0 Å². The molecule has 3 N–H and O–H groups in total. The van der Waals surface area contributed by atoms with E-state index in [0.717, 1.165) is 24.8 Å². The molecule has 24 heavy (non-hydrogen) atoms. The molecule has 0 unspecified atom stereocenters. The van der Waals surface area contributed by atoms with Gasteiger partial charge in [-0.2, -0.15) is 0 Å². The first-order valence-electron chi connectivity index (χ1n) is 8.48. The molecule has 4 heteroatoms. The van der Waals surface area contributed by atoms with E-state index in [1.165, 1.54) is 11.1 Å². The number of nitrogens with two attached hydrogens (primary N) is 1. The summed E-state index contributed by atoms with van der Waals surface area (Å²) >= 11 is 0. The Morgan fingerprint density at radius 2 is 1.92 bits per heavy atom. The maximum absolute atomic E-state index is 12.7. The minimum absolute atomic E-state index is 0.0736. The van der Waals surface area contributed by atoms with E-state index >= 15 is 0 Å². The number of hydrogen-bond acceptors (Lipinski definition) is 3. The number of benzene rings is 2. The molecule has 0 aromatic heterocycles. The normalized spacial score (nSPS) is 13.6. The average Bonchev–Trinajstić information content (AvgIpc) is 2.97. The van der Waals surface area contributed by atoms with Gasteiger partial charge in [0.15, 0.2) is 0 Å². The fourth-order valence-corrected chi connectivity index (χ4v) is 3.13. The molecule has 0 saturated carbocycles. The Kier molecular flexibility index (Phi) is 5.16. The van der Waals surface area contributed by atoms with E-state index in [-0.39, 0.29) is 11.9 Å². The number of hydrogen-bond donors (Lipinski definition) is 2. The predicted molar refractivity (Wildman–Crippen MR) is 95.4 cm³/mol. The first kappa shape index (κ1) is 16.5. The van der Waals surface area contributed by atoms with Gasteiger partial charge in [-0.1, -0.05) is 30.3 Å². The van der Waals surface area contributed by atoms with Crippen molar-refractivity contribution in [2.75, 3.05) is 13.2 Å². The van der Waals surface area contributed by atoms with Crippen molar-refractivity contribution in [1.29, 1.82) is 0 Å². The number of rotatable bonds is 6. The van der Waals surface area contributed by atoms with Crippen LogP contribution in [0.15, 0.2) is 42.5 Å². The fraction of sp³-hybridized carbons (Fsp3) is 0.350. The largest absolute Gasteiger partial charge is 0.493 e.